The van der Waals surface area contributed by atoms with Gasteiger partial charge in [-0.3, -0.25) is 9.59 Å². The van der Waals surface area contributed by atoms with E-state index in [1.165, 1.54) is 0 Å². The quantitative estimate of drug-likeness (QED) is 0.856. The van der Waals surface area contributed by atoms with Gasteiger partial charge >= 0.3 is 5.97 Å². The van der Waals surface area contributed by atoms with Gasteiger partial charge < -0.3 is 10.4 Å². The molecule has 0 aliphatic carbocycles. The molecule has 1 aromatic carbocycles. The number of fused-ring (bicyclic) bond motifs is 1. The average molecular weight is 264 g/mol. The third-order valence-corrected chi connectivity index (χ3v) is 3.44. The lowest BCUT2D eigenvalue weighted by Crippen LogP contribution is -2.29. The number of aliphatic carboxylic acids is 1. The van der Waals surface area contributed by atoms with E-state index in [1.54, 1.807) is 11.3 Å². The van der Waals surface area contributed by atoms with Crippen LogP contribution in [0, 0.1) is 0 Å². The molecule has 2 N–H and O–H groups in total. The van der Waals surface area contributed by atoms with E-state index in [4.69, 9.17) is 5.11 Å². The molecule has 0 atom stereocenters. The highest BCUT2D eigenvalue weighted by Crippen LogP contribution is 2.22. The first kappa shape index (κ1) is 12.5. The Balaban J connectivity index is 1.90. The van der Waals surface area contributed by atoms with Gasteiger partial charge in [0.1, 0.15) is 6.54 Å². The summed E-state index contributed by atoms with van der Waals surface area (Å²) < 4.78 is 1.10. The zero-order chi connectivity index (χ0) is 13.0. The van der Waals surface area contributed by atoms with Crippen molar-refractivity contribution in [1.29, 1.82) is 0 Å². The fourth-order valence-corrected chi connectivity index (χ4v) is 2.48. The number of hydrogen-bond acceptors (Lipinski definition) is 4. The molecule has 94 valence electrons. The summed E-state index contributed by atoms with van der Waals surface area (Å²) in [5, 5.41) is 11.6. The highest BCUT2D eigenvalue weighted by molar-refractivity contribution is 7.18. The molecular weight excluding hydrogens is 252 g/mol. The Morgan fingerprint density at radius 3 is 2.83 bits per heavy atom. The number of hydrogen-bond donors (Lipinski definition) is 2. The summed E-state index contributed by atoms with van der Waals surface area (Å²) in [5.41, 5.74) is 0.934. The van der Waals surface area contributed by atoms with Gasteiger partial charge in [0.2, 0.25) is 5.91 Å². The van der Waals surface area contributed by atoms with Crippen molar-refractivity contribution in [3.8, 4) is 0 Å². The van der Waals surface area contributed by atoms with Gasteiger partial charge in [0, 0.05) is 12.8 Å². The number of thiazole rings is 1. The number of carbonyl (C=O) groups excluding carboxylic acids is 1. The van der Waals surface area contributed by atoms with E-state index >= 15 is 0 Å². The van der Waals surface area contributed by atoms with Crippen LogP contribution in [0.5, 0.6) is 0 Å². The van der Waals surface area contributed by atoms with Crippen molar-refractivity contribution >= 4 is 33.4 Å². The average Bonchev–Trinajstić information content (AvgIpc) is 2.76. The number of carboxylic acid groups (broad SMARTS) is 1. The van der Waals surface area contributed by atoms with Crippen LogP contribution in [0.3, 0.4) is 0 Å². The predicted molar refractivity (Wildman–Crippen MR) is 68.6 cm³/mol. The van der Waals surface area contributed by atoms with Crippen LogP contribution in [-0.4, -0.2) is 28.5 Å². The number of nitrogens with zero attached hydrogens (tertiary/aromatic N) is 1. The molecule has 6 heteroatoms. The fraction of sp³-hybridized carbons (Fsp3) is 0.250. The number of amides is 1. The number of nitrogens with one attached hydrogen (secondary N) is 1. The van der Waals surface area contributed by atoms with Crippen LogP contribution in [0.15, 0.2) is 24.3 Å². The second kappa shape index (κ2) is 5.59. The predicted octanol–water partition coefficient (Wildman–Crippen LogP) is 1.43. The molecule has 0 fully saturated rings. The van der Waals surface area contributed by atoms with Crippen LogP contribution < -0.4 is 5.32 Å². The summed E-state index contributed by atoms with van der Waals surface area (Å²) in [6.45, 7) is -0.335. The number of aromatic nitrogens is 1. The summed E-state index contributed by atoms with van der Waals surface area (Å²) in [6.07, 6.45) is 0.790. The SMILES string of the molecule is O=C(O)CNC(=O)CCc1nc2ccccc2s1. The van der Waals surface area contributed by atoms with Gasteiger partial charge in [0.15, 0.2) is 0 Å². The van der Waals surface area contributed by atoms with Crippen LogP contribution in [-0.2, 0) is 16.0 Å². The molecule has 1 amide bonds. The molecular formula is C12H12N2O3S. The van der Waals surface area contributed by atoms with Gasteiger partial charge in [-0.05, 0) is 12.1 Å². The van der Waals surface area contributed by atoms with Crippen molar-refractivity contribution in [1.82, 2.24) is 10.3 Å². The molecule has 2 aromatic rings. The fourth-order valence-electron chi connectivity index (χ4n) is 1.51. The third-order valence-electron chi connectivity index (χ3n) is 2.34. The van der Waals surface area contributed by atoms with E-state index in [-0.39, 0.29) is 18.9 Å². The van der Waals surface area contributed by atoms with Gasteiger partial charge in [-0.15, -0.1) is 11.3 Å². The summed E-state index contributed by atoms with van der Waals surface area (Å²) in [4.78, 5) is 26.0. The van der Waals surface area contributed by atoms with Crippen molar-refractivity contribution in [3.05, 3.63) is 29.3 Å². The van der Waals surface area contributed by atoms with E-state index in [2.05, 4.69) is 10.3 Å². The topological polar surface area (TPSA) is 79.3 Å². The number of carbonyl (C=O) groups is 2. The Morgan fingerprint density at radius 1 is 1.33 bits per heavy atom. The van der Waals surface area contributed by atoms with Crippen LogP contribution >= 0.6 is 11.3 Å². The van der Waals surface area contributed by atoms with Gasteiger partial charge in [0.05, 0.1) is 15.2 Å². The van der Waals surface area contributed by atoms with Gasteiger partial charge in [-0.2, -0.15) is 0 Å². The summed E-state index contributed by atoms with van der Waals surface area (Å²) in [6, 6.07) is 7.79. The first-order chi connectivity index (χ1) is 8.65. The number of para-hydroxylation sites is 1. The van der Waals surface area contributed by atoms with E-state index in [0.717, 1.165) is 15.2 Å². The first-order valence-corrected chi connectivity index (χ1v) is 6.30. The highest BCUT2D eigenvalue weighted by atomic mass is 32.1. The van der Waals surface area contributed by atoms with Crippen molar-refractivity contribution in [3.63, 3.8) is 0 Å². The van der Waals surface area contributed by atoms with Gasteiger partial charge in [-0.25, -0.2) is 4.98 Å². The molecule has 18 heavy (non-hydrogen) atoms. The minimum Gasteiger partial charge on any atom is -0.480 e. The van der Waals surface area contributed by atoms with Crippen molar-refractivity contribution in [2.24, 2.45) is 0 Å². The largest absolute Gasteiger partial charge is 0.480 e. The number of aryl methyl sites for hydroxylation is 1. The Kier molecular flexibility index (Phi) is 3.88. The standard InChI is InChI=1S/C12H12N2O3S/c15-10(13-7-12(16)17)5-6-11-14-8-3-1-2-4-9(8)18-11/h1-4H,5-7H2,(H,13,15)(H,16,17). The van der Waals surface area contributed by atoms with E-state index in [1.807, 2.05) is 24.3 Å². The second-order valence-electron chi connectivity index (χ2n) is 3.75. The highest BCUT2D eigenvalue weighted by Gasteiger charge is 2.07. The van der Waals surface area contributed by atoms with Crippen molar-refractivity contribution in [2.75, 3.05) is 6.54 Å². The molecule has 0 saturated heterocycles. The minimum atomic E-state index is -1.04. The maximum Gasteiger partial charge on any atom is 0.322 e. The lowest BCUT2D eigenvalue weighted by molar-refractivity contribution is -0.137. The maximum absolute atomic E-state index is 11.3. The Hall–Kier alpha value is -1.95. The number of carboxylic acids is 1. The number of rotatable bonds is 5. The lowest BCUT2D eigenvalue weighted by Gasteiger charge is -1.99. The molecule has 2 rings (SSSR count). The van der Waals surface area contributed by atoms with E-state index in [9.17, 15) is 9.59 Å². The Morgan fingerprint density at radius 2 is 2.11 bits per heavy atom. The molecule has 0 aliphatic rings. The van der Waals surface area contributed by atoms with Crippen LogP contribution in [0.1, 0.15) is 11.4 Å². The molecule has 0 radical (unpaired) electrons. The lowest BCUT2D eigenvalue weighted by atomic mass is 10.3. The van der Waals surface area contributed by atoms with Crippen LogP contribution in [0.4, 0.5) is 0 Å². The molecule has 0 saturated carbocycles. The second-order valence-corrected chi connectivity index (χ2v) is 4.86. The van der Waals surface area contributed by atoms with Gasteiger partial charge in [-0.1, -0.05) is 12.1 Å². The van der Waals surface area contributed by atoms with Crippen LogP contribution in [0.2, 0.25) is 0 Å². The van der Waals surface area contributed by atoms with Gasteiger partial charge in [0.25, 0.3) is 0 Å². The third kappa shape index (κ3) is 3.27. The molecule has 0 unspecified atom stereocenters. The van der Waals surface area contributed by atoms with Crippen molar-refractivity contribution < 1.29 is 14.7 Å². The summed E-state index contributed by atoms with van der Waals surface area (Å²) >= 11 is 1.56. The molecule has 1 heterocycles. The molecule has 5 nitrogen and oxygen atoms in total. The summed E-state index contributed by atoms with van der Waals surface area (Å²) in [7, 11) is 0. The van der Waals surface area contributed by atoms with Crippen LogP contribution in [0.25, 0.3) is 10.2 Å². The Labute approximate surface area is 107 Å². The molecule has 1 aromatic heterocycles. The van der Waals surface area contributed by atoms with E-state index in [0.29, 0.717) is 6.42 Å². The molecule has 0 aliphatic heterocycles. The van der Waals surface area contributed by atoms with Crippen molar-refractivity contribution in [2.45, 2.75) is 12.8 Å². The monoisotopic (exact) mass is 264 g/mol. The summed E-state index contributed by atoms with van der Waals surface area (Å²) in [5.74, 6) is -1.31. The molecule has 0 bridgehead atoms. The minimum absolute atomic E-state index is 0.257. The zero-order valence-electron chi connectivity index (χ0n) is 9.55. The molecule has 0 spiro atoms. The van der Waals surface area contributed by atoms with E-state index < -0.39 is 5.97 Å². The Bertz CT molecular complexity index is 546. The normalized spacial score (nSPS) is 10.4. The smallest absolute Gasteiger partial charge is 0.322 e. The zero-order valence-corrected chi connectivity index (χ0v) is 10.4. The number of benzene rings is 1. The maximum atomic E-state index is 11.3. The first-order valence-electron chi connectivity index (χ1n) is 5.48.